The maximum atomic E-state index is 11.5. The smallest absolute Gasteiger partial charge is 0.294 e. The molecule has 0 bridgehead atoms. The minimum Gasteiger partial charge on any atom is -0.330 e. The average molecular weight is 272 g/mol. The molecule has 0 heterocycles. The lowest BCUT2D eigenvalue weighted by Crippen LogP contribution is -2.13. The van der Waals surface area contributed by atoms with E-state index >= 15 is 0 Å². The summed E-state index contributed by atoms with van der Waals surface area (Å²) in [5, 5.41) is 13.5. The summed E-state index contributed by atoms with van der Waals surface area (Å²) < 4.78 is 0. The van der Waals surface area contributed by atoms with Crippen molar-refractivity contribution >= 4 is 28.9 Å². The molecule has 1 rings (SSSR count). The molecule has 7 heteroatoms. The Kier molecular flexibility index (Phi) is 5.54. The highest BCUT2D eigenvalue weighted by atomic mass is 35.5. The molecule has 0 saturated heterocycles. The van der Waals surface area contributed by atoms with Crippen molar-refractivity contribution in [2.45, 2.75) is 19.3 Å². The first-order valence-electron chi connectivity index (χ1n) is 5.48. The van der Waals surface area contributed by atoms with Crippen LogP contribution in [0, 0.1) is 10.1 Å². The number of carbonyl (C=O) groups excluding carboxylic acids is 1. The fraction of sp³-hybridized carbons (Fsp3) is 0.364. The zero-order chi connectivity index (χ0) is 13.5. The van der Waals surface area contributed by atoms with Gasteiger partial charge < -0.3 is 11.1 Å². The summed E-state index contributed by atoms with van der Waals surface area (Å²) in [6.07, 6.45) is 1.69. The average Bonchev–Trinajstić information content (AvgIpc) is 2.31. The highest BCUT2D eigenvalue weighted by Gasteiger charge is 2.16. The predicted molar refractivity (Wildman–Crippen MR) is 69.6 cm³/mol. The molecule has 1 amide bonds. The molecule has 0 radical (unpaired) electrons. The van der Waals surface area contributed by atoms with Crippen LogP contribution in [0.15, 0.2) is 18.2 Å². The van der Waals surface area contributed by atoms with Gasteiger partial charge in [0.1, 0.15) is 5.69 Å². The van der Waals surface area contributed by atoms with Gasteiger partial charge in [0.05, 0.1) is 4.92 Å². The molecular formula is C11H14ClN3O3. The summed E-state index contributed by atoms with van der Waals surface area (Å²) in [5.41, 5.74) is 5.25. The first-order chi connectivity index (χ1) is 8.54. The van der Waals surface area contributed by atoms with E-state index < -0.39 is 4.92 Å². The molecule has 0 atom stereocenters. The highest BCUT2D eigenvalue weighted by Crippen LogP contribution is 2.27. The minimum atomic E-state index is -0.582. The van der Waals surface area contributed by atoms with Crippen LogP contribution >= 0.6 is 11.6 Å². The minimum absolute atomic E-state index is 0.155. The second-order valence-corrected chi connectivity index (χ2v) is 4.15. The number of unbranched alkanes of at least 4 members (excludes halogenated alkanes) is 1. The summed E-state index contributed by atoms with van der Waals surface area (Å²) in [7, 11) is 0. The number of hydrogen-bond donors (Lipinski definition) is 2. The predicted octanol–water partition coefficient (Wildman–Crippen LogP) is 2.32. The third kappa shape index (κ3) is 4.31. The maximum Gasteiger partial charge on any atom is 0.294 e. The van der Waals surface area contributed by atoms with Crippen LogP contribution in [0.25, 0.3) is 0 Å². The third-order valence-corrected chi connectivity index (χ3v) is 2.52. The van der Waals surface area contributed by atoms with Gasteiger partial charge in [-0.3, -0.25) is 14.9 Å². The fourth-order valence-electron chi connectivity index (χ4n) is 1.40. The number of nitrogens with one attached hydrogen (secondary N) is 1. The Balaban J connectivity index is 2.72. The summed E-state index contributed by atoms with van der Waals surface area (Å²) in [6.45, 7) is 0.522. The number of nitro benzene ring substituents is 1. The van der Waals surface area contributed by atoms with E-state index in [9.17, 15) is 14.9 Å². The van der Waals surface area contributed by atoms with Crippen molar-refractivity contribution in [1.82, 2.24) is 0 Å². The third-order valence-electron chi connectivity index (χ3n) is 2.29. The van der Waals surface area contributed by atoms with Crippen LogP contribution in [0.5, 0.6) is 0 Å². The largest absolute Gasteiger partial charge is 0.330 e. The number of amides is 1. The quantitative estimate of drug-likeness (QED) is 0.471. The molecule has 0 aromatic heterocycles. The maximum absolute atomic E-state index is 11.5. The lowest BCUT2D eigenvalue weighted by molar-refractivity contribution is -0.383. The Morgan fingerprint density at radius 2 is 2.17 bits per heavy atom. The Labute approximate surface area is 109 Å². The van der Waals surface area contributed by atoms with Gasteiger partial charge in [0, 0.05) is 17.5 Å². The molecule has 18 heavy (non-hydrogen) atoms. The van der Waals surface area contributed by atoms with Gasteiger partial charge in [0.2, 0.25) is 5.91 Å². The molecule has 0 spiro atoms. The zero-order valence-electron chi connectivity index (χ0n) is 9.69. The molecule has 0 unspecified atom stereocenters. The van der Waals surface area contributed by atoms with Crippen LogP contribution in [0.1, 0.15) is 19.3 Å². The first-order valence-corrected chi connectivity index (χ1v) is 5.86. The fourth-order valence-corrected chi connectivity index (χ4v) is 1.57. The molecule has 1 aromatic rings. The van der Waals surface area contributed by atoms with Crippen LogP contribution < -0.4 is 11.1 Å². The summed E-state index contributed by atoms with van der Waals surface area (Å²) in [4.78, 5) is 21.8. The standard InChI is InChI=1S/C11H14ClN3O3/c12-8-4-5-9(10(7-8)15(17)18)14-11(16)3-1-2-6-13/h4-5,7H,1-3,6,13H2,(H,14,16). The lowest BCUT2D eigenvalue weighted by atomic mass is 10.2. The van der Waals surface area contributed by atoms with E-state index in [0.29, 0.717) is 13.0 Å². The molecule has 0 aliphatic rings. The second-order valence-electron chi connectivity index (χ2n) is 3.71. The van der Waals surface area contributed by atoms with Crippen LogP contribution in [-0.4, -0.2) is 17.4 Å². The topological polar surface area (TPSA) is 98.3 Å². The van der Waals surface area contributed by atoms with Crippen molar-refractivity contribution in [1.29, 1.82) is 0 Å². The van der Waals surface area contributed by atoms with Gasteiger partial charge in [0.15, 0.2) is 0 Å². The number of rotatable bonds is 6. The SMILES string of the molecule is NCCCCC(=O)Nc1ccc(Cl)cc1[N+](=O)[O-]. The Bertz CT molecular complexity index is 451. The zero-order valence-corrected chi connectivity index (χ0v) is 10.4. The summed E-state index contributed by atoms with van der Waals surface area (Å²) in [5.74, 6) is -0.270. The molecule has 6 nitrogen and oxygen atoms in total. The van der Waals surface area contributed by atoms with Gasteiger partial charge in [-0.2, -0.15) is 0 Å². The van der Waals surface area contributed by atoms with Crippen LogP contribution in [0.3, 0.4) is 0 Å². The van der Waals surface area contributed by atoms with Crippen molar-refractivity contribution in [3.8, 4) is 0 Å². The van der Waals surface area contributed by atoms with Gasteiger partial charge in [-0.25, -0.2) is 0 Å². The summed E-state index contributed by atoms with van der Waals surface area (Å²) in [6, 6.07) is 4.11. The van der Waals surface area contributed by atoms with E-state index in [1.54, 1.807) is 0 Å². The van der Waals surface area contributed by atoms with E-state index in [0.717, 1.165) is 6.42 Å². The van der Waals surface area contributed by atoms with Gasteiger partial charge in [-0.1, -0.05) is 11.6 Å². The van der Waals surface area contributed by atoms with Crippen molar-refractivity contribution in [2.75, 3.05) is 11.9 Å². The number of halogens is 1. The van der Waals surface area contributed by atoms with E-state index in [-0.39, 0.29) is 28.7 Å². The molecule has 1 aromatic carbocycles. The van der Waals surface area contributed by atoms with Gasteiger partial charge in [-0.05, 0) is 31.5 Å². The monoisotopic (exact) mass is 271 g/mol. The molecule has 3 N–H and O–H groups in total. The van der Waals surface area contributed by atoms with E-state index in [2.05, 4.69) is 5.32 Å². The van der Waals surface area contributed by atoms with Crippen molar-refractivity contribution in [2.24, 2.45) is 5.73 Å². The molecule has 0 saturated carbocycles. The Hall–Kier alpha value is -1.66. The number of nitrogens with zero attached hydrogens (tertiary/aromatic N) is 1. The second kappa shape index (κ2) is 6.93. The highest BCUT2D eigenvalue weighted by molar-refractivity contribution is 6.31. The Morgan fingerprint density at radius 3 is 2.78 bits per heavy atom. The first kappa shape index (κ1) is 14.4. The van der Waals surface area contributed by atoms with Crippen LogP contribution in [0.2, 0.25) is 5.02 Å². The number of nitro groups is 1. The van der Waals surface area contributed by atoms with Crippen molar-refractivity contribution < 1.29 is 9.72 Å². The summed E-state index contributed by atoms with van der Waals surface area (Å²) >= 11 is 5.67. The van der Waals surface area contributed by atoms with Gasteiger partial charge in [-0.15, -0.1) is 0 Å². The number of benzene rings is 1. The number of hydrogen-bond acceptors (Lipinski definition) is 4. The van der Waals surface area contributed by atoms with Crippen LogP contribution in [0.4, 0.5) is 11.4 Å². The number of anilines is 1. The molecule has 0 aliphatic carbocycles. The molecule has 98 valence electrons. The van der Waals surface area contributed by atoms with Crippen molar-refractivity contribution in [3.63, 3.8) is 0 Å². The number of carbonyl (C=O) groups is 1. The lowest BCUT2D eigenvalue weighted by Gasteiger charge is -2.06. The van der Waals surface area contributed by atoms with Crippen molar-refractivity contribution in [3.05, 3.63) is 33.3 Å². The van der Waals surface area contributed by atoms with Gasteiger partial charge in [0.25, 0.3) is 5.69 Å². The van der Waals surface area contributed by atoms with E-state index in [4.69, 9.17) is 17.3 Å². The van der Waals surface area contributed by atoms with Gasteiger partial charge >= 0.3 is 0 Å². The Morgan fingerprint density at radius 1 is 1.44 bits per heavy atom. The molecule has 0 aliphatic heterocycles. The number of nitrogens with two attached hydrogens (primary N) is 1. The normalized spacial score (nSPS) is 10.1. The van der Waals surface area contributed by atoms with Crippen LogP contribution in [-0.2, 0) is 4.79 Å². The molecule has 0 fully saturated rings. The van der Waals surface area contributed by atoms with E-state index in [1.165, 1.54) is 18.2 Å². The molecular weight excluding hydrogens is 258 g/mol. The van der Waals surface area contributed by atoms with E-state index in [1.807, 2.05) is 0 Å².